The van der Waals surface area contributed by atoms with E-state index in [9.17, 15) is 14.4 Å². The van der Waals surface area contributed by atoms with Gasteiger partial charge in [0.05, 0.1) is 6.04 Å². The predicted octanol–water partition coefficient (Wildman–Crippen LogP) is 1.70. The van der Waals surface area contributed by atoms with E-state index in [1.54, 1.807) is 13.8 Å². The standard InChI is InChI=1S/C18H23N3O5/c1-11(12-6-7-13-14(9-12)26-10-25-13)19-15(22)5-4-8-21-16(23)18(2,3)20-17(21)24/h6-7,9,11H,4-5,8,10H2,1-3H3,(H,19,22)(H,20,24). The molecular formula is C18H23N3O5. The Labute approximate surface area is 151 Å². The van der Waals surface area contributed by atoms with Gasteiger partial charge in [0.25, 0.3) is 5.91 Å². The van der Waals surface area contributed by atoms with Crippen LogP contribution >= 0.6 is 0 Å². The minimum atomic E-state index is -0.882. The van der Waals surface area contributed by atoms with E-state index in [2.05, 4.69) is 10.6 Å². The first kappa shape index (κ1) is 18.0. The lowest BCUT2D eigenvalue weighted by molar-refractivity contribution is -0.130. The van der Waals surface area contributed by atoms with E-state index >= 15 is 0 Å². The lowest BCUT2D eigenvalue weighted by Gasteiger charge is -2.17. The van der Waals surface area contributed by atoms with Crippen LogP contribution in [0.3, 0.4) is 0 Å². The quantitative estimate of drug-likeness (QED) is 0.752. The number of benzene rings is 1. The Hall–Kier alpha value is -2.77. The van der Waals surface area contributed by atoms with Crippen LogP contribution in [0, 0.1) is 0 Å². The van der Waals surface area contributed by atoms with Crippen molar-refractivity contribution in [3.63, 3.8) is 0 Å². The Kier molecular flexibility index (Phi) is 4.76. The summed E-state index contributed by atoms with van der Waals surface area (Å²) in [6.45, 7) is 5.63. The summed E-state index contributed by atoms with van der Waals surface area (Å²) in [5, 5.41) is 5.53. The third-order valence-electron chi connectivity index (χ3n) is 4.50. The highest BCUT2D eigenvalue weighted by Gasteiger charge is 2.43. The molecule has 2 aliphatic rings. The fraction of sp³-hybridized carbons (Fsp3) is 0.500. The number of hydrogen-bond acceptors (Lipinski definition) is 5. The Balaban J connectivity index is 1.47. The number of urea groups is 1. The third kappa shape index (κ3) is 3.58. The second-order valence-electron chi connectivity index (χ2n) is 7.02. The molecule has 8 nitrogen and oxygen atoms in total. The minimum Gasteiger partial charge on any atom is -0.454 e. The molecule has 1 fully saturated rings. The number of imide groups is 1. The molecule has 140 valence electrons. The van der Waals surface area contributed by atoms with E-state index in [0.717, 1.165) is 10.5 Å². The van der Waals surface area contributed by atoms with Gasteiger partial charge in [-0.1, -0.05) is 6.07 Å². The van der Waals surface area contributed by atoms with Crippen LogP contribution in [-0.4, -0.2) is 41.6 Å². The highest BCUT2D eigenvalue weighted by Crippen LogP contribution is 2.34. The van der Waals surface area contributed by atoms with Crippen LogP contribution in [0.5, 0.6) is 11.5 Å². The maximum atomic E-state index is 12.2. The van der Waals surface area contributed by atoms with Gasteiger partial charge < -0.3 is 20.1 Å². The molecule has 4 amide bonds. The van der Waals surface area contributed by atoms with Crippen LogP contribution in [0.4, 0.5) is 4.79 Å². The molecular weight excluding hydrogens is 338 g/mol. The van der Waals surface area contributed by atoms with Crippen molar-refractivity contribution in [2.45, 2.75) is 45.2 Å². The SMILES string of the molecule is CC(NC(=O)CCCN1C(=O)NC(C)(C)C1=O)c1ccc2c(c1)OCO2. The molecule has 8 heteroatoms. The van der Waals surface area contributed by atoms with Crippen molar-refractivity contribution in [2.75, 3.05) is 13.3 Å². The molecule has 26 heavy (non-hydrogen) atoms. The van der Waals surface area contributed by atoms with Crippen LogP contribution in [0.25, 0.3) is 0 Å². The summed E-state index contributed by atoms with van der Waals surface area (Å²) in [6, 6.07) is 4.96. The highest BCUT2D eigenvalue weighted by molar-refractivity contribution is 6.06. The maximum absolute atomic E-state index is 12.2. The Morgan fingerprint density at radius 3 is 2.73 bits per heavy atom. The molecule has 1 aromatic carbocycles. The Morgan fingerprint density at radius 1 is 1.31 bits per heavy atom. The van der Waals surface area contributed by atoms with Crippen LogP contribution < -0.4 is 20.1 Å². The lowest BCUT2D eigenvalue weighted by atomic mass is 10.1. The first-order valence-corrected chi connectivity index (χ1v) is 8.61. The van der Waals surface area contributed by atoms with Crippen LogP contribution in [0.2, 0.25) is 0 Å². The summed E-state index contributed by atoms with van der Waals surface area (Å²) >= 11 is 0. The number of nitrogens with zero attached hydrogens (tertiary/aromatic N) is 1. The van der Waals surface area contributed by atoms with Gasteiger partial charge in [-0.2, -0.15) is 0 Å². The molecule has 1 atom stereocenters. The fourth-order valence-corrected chi connectivity index (χ4v) is 3.00. The average molecular weight is 361 g/mol. The summed E-state index contributed by atoms with van der Waals surface area (Å²) < 4.78 is 10.6. The van der Waals surface area contributed by atoms with E-state index in [-0.39, 0.29) is 37.6 Å². The molecule has 0 spiro atoms. The van der Waals surface area contributed by atoms with Gasteiger partial charge in [-0.25, -0.2) is 4.79 Å². The number of ether oxygens (including phenoxy) is 2. The fourth-order valence-electron chi connectivity index (χ4n) is 3.00. The van der Waals surface area contributed by atoms with Gasteiger partial charge in [0, 0.05) is 13.0 Å². The summed E-state index contributed by atoms with van der Waals surface area (Å²) in [6.07, 6.45) is 0.640. The number of nitrogens with one attached hydrogen (secondary N) is 2. The molecule has 1 aromatic rings. The highest BCUT2D eigenvalue weighted by atomic mass is 16.7. The van der Waals surface area contributed by atoms with Crippen molar-refractivity contribution >= 4 is 17.8 Å². The largest absolute Gasteiger partial charge is 0.454 e. The van der Waals surface area contributed by atoms with Crippen LogP contribution in [-0.2, 0) is 9.59 Å². The normalized spacial score (nSPS) is 18.7. The summed E-state index contributed by atoms with van der Waals surface area (Å²) in [5.74, 6) is 0.964. The second-order valence-corrected chi connectivity index (χ2v) is 7.02. The monoisotopic (exact) mass is 361 g/mol. The van der Waals surface area contributed by atoms with Crippen molar-refractivity contribution in [1.82, 2.24) is 15.5 Å². The van der Waals surface area contributed by atoms with Crippen molar-refractivity contribution in [1.29, 1.82) is 0 Å². The third-order valence-corrected chi connectivity index (χ3v) is 4.50. The van der Waals surface area contributed by atoms with Gasteiger partial charge in [-0.05, 0) is 44.9 Å². The number of amides is 4. The number of rotatable bonds is 6. The molecule has 0 saturated carbocycles. The van der Waals surface area contributed by atoms with Gasteiger partial charge in [-0.3, -0.25) is 14.5 Å². The zero-order valence-electron chi connectivity index (χ0n) is 15.1. The number of carbonyl (C=O) groups excluding carboxylic acids is 3. The van der Waals surface area contributed by atoms with Gasteiger partial charge in [-0.15, -0.1) is 0 Å². The zero-order valence-corrected chi connectivity index (χ0v) is 15.1. The molecule has 2 aliphatic heterocycles. The Morgan fingerprint density at radius 2 is 2.04 bits per heavy atom. The smallest absolute Gasteiger partial charge is 0.325 e. The number of carbonyl (C=O) groups is 3. The molecule has 1 saturated heterocycles. The van der Waals surface area contributed by atoms with E-state index < -0.39 is 11.6 Å². The molecule has 3 rings (SSSR count). The van der Waals surface area contributed by atoms with Gasteiger partial charge >= 0.3 is 6.03 Å². The Bertz CT molecular complexity index is 746. The minimum absolute atomic E-state index is 0.138. The molecule has 0 radical (unpaired) electrons. The molecule has 1 unspecified atom stereocenters. The summed E-state index contributed by atoms with van der Waals surface area (Å²) in [5.41, 5.74) is 0.0335. The molecule has 2 heterocycles. The van der Waals surface area contributed by atoms with Gasteiger partial charge in [0.15, 0.2) is 11.5 Å². The van der Waals surface area contributed by atoms with Crippen molar-refractivity contribution in [3.05, 3.63) is 23.8 Å². The molecule has 2 N–H and O–H groups in total. The summed E-state index contributed by atoms with van der Waals surface area (Å²) in [4.78, 5) is 37.2. The van der Waals surface area contributed by atoms with Crippen molar-refractivity contribution in [2.24, 2.45) is 0 Å². The molecule has 0 aliphatic carbocycles. The van der Waals surface area contributed by atoms with E-state index in [1.807, 2.05) is 25.1 Å². The first-order chi connectivity index (χ1) is 12.3. The van der Waals surface area contributed by atoms with Crippen molar-refractivity contribution < 1.29 is 23.9 Å². The maximum Gasteiger partial charge on any atom is 0.325 e. The number of fused-ring (bicyclic) bond motifs is 1. The van der Waals surface area contributed by atoms with E-state index in [0.29, 0.717) is 17.9 Å². The van der Waals surface area contributed by atoms with Crippen molar-refractivity contribution in [3.8, 4) is 11.5 Å². The second kappa shape index (κ2) is 6.86. The lowest BCUT2D eigenvalue weighted by Crippen LogP contribution is -2.40. The molecule has 0 bridgehead atoms. The first-order valence-electron chi connectivity index (χ1n) is 8.61. The average Bonchev–Trinajstić information content (AvgIpc) is 3.11. The van der Waals surface area contributed by atoms with Gasteiger partial charge in [0.1, 0.15) is 5.54 Å². The van der Waals surface area contributed by atoms with Crippen LogP contribution in [0.1, 0.15) is 45.2 Å². The summed E-state index contributed by atoms with van der Waals surface area (Å²) in [7, 11) is 0. The van der Waals surface area contributed by atoms with E-state index in [4.69, 9.17) is 9.47 Å². The molecule has 0 aromatic heterocycles. The van der Waals surface area contributed by atoms with Crippen LogP contribution in [0.15, 0.2) is 18.2 Å². The topological polar surface area (TPSA) is 97.0 Å². The van der Waals surface area contributed by atoms with Gasteiger partial charge in [0.2, 0.25) is 12.7 Å². The van der Waals surface area contributed by atoms with E-state index in [1.165, 1.54) is 0 Å². The zero-order chi connectivity index (χ0) is 18.9. The number of hydrogen-bond donors (Lipinski definition) is 2. The predicted molar refractivity (Wildman–Crippen MR) is 92.7 cm³/mol.